The van der Waals surface area contributed by atoms with Crippen LogP contribution in [0.3, 0.4) is 0 Å². The fourth-order valence-electron chi connectivity index (χ4n) is 2.56. The number of phenolic OH excluding ortho intramolecular Hbond substituents is 1. The lowest BCUT2D eigenvalue weighted by atomic mass is 10.2. The molecule has 0 aliphatic heterocycles. The molecule has 0 saturated heterocycles. The molecule has 2 aromatic carbocycles. The molecule has 3 rings (SSSR count). The number of aromatic hydroxyl groups is 1. The Kier molecular flexibility index (Phi) is 5.08. The van der Waals surface area contributed by atoms with Gasteiger partial charge in [-0.1, -0.05) is 12.1 Å². The van der Waals surface area contributed by atoms with Crippen molar-refractivity contribution in [3.63, 3.8) is 0 Å². The first-order chi connectivity index (χ1) is 13.2. The van der Waals surface area contributed by atoms with Gasteiger partial charge in [0.2, 0.25) is 10.0 Å². The Morgan fingerprint density at radius 2 is 1.71 bits per heavy atom. The minimum atomic E-state index is -3.78. The molecule has 0 bridgehead atoms. The van der Waals surface area contributed by atoms with Crippen molar-refractivity contribution in [2.24, 2.45) is 15.4 Å². The number of hydrogen-bond acceptors (Lipinski definition) is 7. The zero-order valence-corrected chi connectivity index (χ0v) is 15.9. The summed E-state index contributed by atoms with van der Waals surface area (Å²) in [5, 5.41) is 27.3. The van der Waals surface area contributed by atoms with Gasteiger partial charge in [0.25, 0.3) is 5.91 Å². The molecule has 28 heavy (non-hydrogen) atoms. The summed E-state index contributed by atoms with van der Waals surface area (Å²) in [4.78, 5) is 12.6. The van der Waals surface area contributed by atoms with Crippen LogP contribution in [0.5, 0.6) is 5.75 Å². The number of aromatic nitrogens is 2. The highest BCUT2D eigenvalue weighted by atomic mass is 32.2. The van der Waals surface area contributed by atoms with E-state index < -0.39 is 15.9 Å². The summed E-state index contributed by atoms with van der Waals surface area (Å²) < 4.78 is 23.7. The molecule has 0 aliphatic carbocycles. The number of nitrogens with zero attached hydrogens (tertiary/aromatic N) is 4. The van der Waals surface area contributed by atoms with E-state index in [2.05, 4.69) is 15.3 Å². The third kappa shape index (κ3) is 3.82. The summed E-state index contributed by atoms with van der Waals surface area (Å²) in [5.41, 5.74) is 1.86. The van der Waals surface area contributed by atoms with Gasteiger partial charge in [0, 0.05) is 0 Å². The molecule has 10 heteroatoms. The fraction of sp³-hybridized carbons (Fsp3) is 0.111. The number of carbonyl (C=O) groups is 1. The predicted octanol–water partition coefficient (Wildman–Crippen LogP) is 2.96. The number of para-hydroxylation sites is 1. The number of carbonyl (C=O) groups excluding carboxylic acids is 1. The first-order valence-electron chi connectivity index (χ1n) is 8.12. The average molecular weight is 399 g/mol. The van der Waals surface area contributed by atoms with Gasteiger partial charge in [0.15, 0.2) is 0 Å². The van der Waals surface area contributed by atoms with E-state index >= 15 is 0 Å². The second-order valence-corrected chi connectivity index (χ2v) is 7.55. The standard InChI is InChI=1S/C18H17N5O4S/c1-11-17(21-20-13-7-9-14(10-8-13)28(19,26)27)12(2)23(22-11)18(25)15-5-3-4-6-16(15)24/h3-10,24H,1-2H3,(H2,19,26,27). The highest BCUT2D eigenvalue weighted by Crippen LogP contribution is 2.27. The van der Waals surface area contributed by atoms with Gasteiger partial charge in [-0.15, -0.1) is 5.11 Å². The van der Waals surface area contributed by atoms with E-state index in [1.54, 1.807) is 26.0 Å². The van der Waals surface area contributed by atoms with Gasteiger partial charge in [-0.3, -0.25) is 4.79 Å². The van der Waals surface area contributed by atoms with E-state index in [1.807, 2.05) is 0 Å². The van der Waals surface area contributed by atoms with Crippen molar-refractivity contribution in [3.8, 4) is 5.75 Å². The molecule has 0 radical (unpaired) electrons. The largest absolute Gasteiger partial charge is 0.507 e. The molecule has 9 nitrogen and oxygen atoms in total. The lowest BCUT2D eigenvalue weighted by Gasteiger charge is -2.04. The molecule has 1 heterocycles. The van der Waals surface area contributed by atoms with Gasteiger partial charge < -0.3 is 5.11 Å². The first kappa shape index (κ1) is 19.4. The van der Waals surface area contributed by atoms with Crippen LogP contribution in [0.25, 0.3) is 0 Å². The molecule has 0 fully saturated rings. The molecule has 0 unspecified atom stereocenters. The maximum absolute atomic E-state index is 12.7. The predicted molar refractivity (Wildman–Crippen MR) is 102 cm³/mol. The fourth-order valence-corrected chi connectivity index (χ4v) is 3.07. The molecular formula is C18H17N5O4S. The van der Waals surface area contributed by atoms with E-state index in [1.165, 1.54) is 36.4 Å². The summed E-state index contributed by atoms with van der Waals surface area (Å²) >= 11 is 0. The average Bonchev–Trinajstić information content (AvgIpc) is 2.93. The van der Waals surface area contributed by atoms with Crippen molar-refractivity contribution < 1.29 is 18.3 Å². The van der Waals surface area contributed by atoms with Crippen LogP contribution in [-0.2, 0) is 10.0 Å². The zero-order valence-electron chi connectivity index (χ0n) is 15.1. The molecule has 3 aromatic rings. The summed E-state index contributed by atoms with van der Waals surface area (Å²) in [7, 11) is -3.78. The van der Waals surface area contributed by atoms with E-state index in [0.717, 1.165) is 4.68 Å². The monoisotopic (exact) mass is 399 g/mol. The molecule has 144 valence electrons. The Labute approximate surface area is 161 Å². The zero-order chi connectivity index (χ0) is 20.5. The maximum Gasteiger partial charge on any atom is 0.282 e. The number of phenols is 1. The third-order valence-corrected chi connectivity index (χ3v) is 4.94. The Morgan fingerprint density at radius 1 is 1.07 bits per heavy atom. The molecular weight excluding hydrogens is 382 g/mol. The summed E-state index contributed by atoms with van der Waals surface area (Å²) in [5.74, 6) is -0.629. The van der Waals surface area contributed by atoms with Gasteiger partial charge in [-0.25, -0.2) is 13.6 Å². The van der Waals surface area contributed by atoms with E-state index in [0.29, 0.717) is 22.8 Å². The first-order valence-corrected chi connectivity index (χ1v) is 9.66. The van der Waals surface area contributed by atoms with Crippen molar-refractivity contribution >= 4 is 27.3 Å². The van der Waals surface area contributed by atoms with Crippen LogP contribution < -0.4 is 5.14 Å². The number of hydrogen-bond donors (Lipinski definition) is 2. The third-order valence-electron chi connectivity index (χ3n) is 4.01. The number of aryl methyl sites for hydroxylation is 1. The number of primary sulfonamides is 1. The molecule has 1 aromatic heterocycles. The summed E-state index contributed by atoms with van der Waals surface area (Å²) in [6.45, 7) is 3.34. The Morgan fingerprint density at radius 3 is 2.32 bits per heavy atom. The van der Waals surface area contributed by atoms with Crippen LogP contribution in [0.2, 0.25) is 0 Å². The van der Waals surface area contributed by atoms with Crippen molar-refractivity contribution in [1.29, 1.82) is 0 Å². The van der Waals surface area contributed by atoms with Crippen molar-refractivity contribution in [2.45, 2.75) is 18.7 Å². The Balaban J connectivity index is 1.91. The maximum atomic E-state index is 12.7. The smallest absolute Gasteiger partial charge is 0.282 e. The van der Waals surface area contributed by atoms with Gasteiger partial charge in [0.05, 0.1) is 27.5 Å². The number of rotatable bonds is 4. The normalized spacial score (nSPS) is 11.8. The molecule has 0 aliphatic rings. The van der Waals surface area contributed by atoms with E-state index in [9.17, 15) is 18.3 Å². The van der Waals surface area contributed by atoms with Crippen molar-refractivity contribution in [1.82, 2.24) is 9.78 Å². The number of sulfonamides is 1. The van der Waals surface area contributed by atoms with Crippen LogP contribution in [0.1, 0.15) is 21.7 Å². The molecule has 0 saturated carbocycles. The highest BCUT2D eigenvalue weighted by Gasteiger charge is 2.20. The SMILES string of the molecule is Cc1nn(C(=O)c2ccccc2O)c(C)c1N=Nc1ccc(S(N)(=O)=O)cc1. The lowest BCUT2D eigenvalue weighted by Crippen LogP contribution is -2.15. The molecule has 0 atom stereocenters. The summed E-state index contributed by atoms with van der Waals surface area (Å²) in [6.07, 6.45) is 0. The Hall–Kier alpha value is -3.37. The summed E-state index contributed by atoms with van der Waals surface area (Å²) in [6, 6.07) is 11.8. The Bertz CT molecular complexity index is 1180. The molecule has 3 N–H and O–H groups in total. The van der Waals surface area contributed by atoms with Gasteiger partial charge in [0.1, 0.15) is 11.4 Å². The van der Waals surface area contributed by atoms with Crippen molar-refractivity contribution in [3.05, 3.63) is 65.5 Å². The second-order valence-electron chi connectivity index (χ2n) is 5.99. The number of nitrogens with two attached hydrogens (primary N) is 1. The van der Waals surface area contributed by atoms with Gasteiger partial charge in [-0.2, -0.15) is 14.9 Å². The van der Waals surface area contributed by atoms with Gasteiger partial charge >= 0.3 is 0 Å². The molecule has 0 spiro atoms. The van der Waals surface area contributed by atoms with Crippen LogP contribution in [0.15, 0.2) is 63.7 Å². The van der Waals surface area contributed by atoms with E-state index in [4.69, 9.17) is 5.14 Å². The number of azo groups is 1. The quantitative estimate of drug-likeness (QED) is 0.649. The van der Waals surface area contributed by atoms with Gasteiger partial charge in [-0.05, 0) is 50.2 Å². The van der Waals surface area contributed by atoms with Crippen LogP contribution in [-0.4, -0.2) is 29.2 Å². The van der Waals surface area contributed by atoms with Crippen LogP contribution in [0, 0.1) is 13.8 Å². The lowest BCUT2D eigenvalue weighted by molar-refractivity contribution is 0.0939. The second kappa shape index (κ2) is 7.33. The number of benzene rings is 2. The van der Waals surface area contributed by atoms with E-state index in [-0.39, 0.29) is 16.2 Å². The highest BCUT2D eigenvalue weighted by molar-refractivity contribution is 7.89. The topological polar surface area (TPSA) is 140 Å². The molecule has 0 amide bonds. The van der Waals surface area contributed by atoms with Crippen LogP contribution >= 0.6 is 0 Å². The minimum absolute atomic E-state index is 0.0279. The minimum Gasteiger partial charge on any atom is -0.507 e. The van der Waals surface area contributed by atoms with Crippen LogP contribution in [0.4, 0.5) is 11.4 Å². The van der Waals surface area contributed by atoms with Crippen molar-refractivity contribution in [2.75, 3.05) is 0 Å².